The van der Waals surface area contributed by atoms with Crippen molar-refractivity contribution in [3.63, 3.8) is 0 Å². The molecule has 0 radical (unpaired) electrons. The average Bonchev–Trinajstić information content (AvgIpc) is 1.67. The second-order valence-electron chi connectivity index (χ2n) is 24.6. The van der Waals surface area contributed by atoms with E-state index in [1.807, 2.05) is 25.6 Å². The van der Waals surface area contributed by atoms with E-state index in [9.17, 15) is 48.3 Å². The van der Waals surface area contributed by atoms with Gasteiger partial charge in [-0.15, -0.1) is 5.10 Å². The molecule has 94 heavy (non-hydrogen) atoms. The van der Waals surface area contributed by atoms with Crippen LogP contribution < -0.4 is 65.5 Å². The van der Waals surface area contributed by atoms with E-state index in [0.29, 0.717) is 106 Å². The van der Waals surface area contributed by atoms with E-state index in [-0.39, 0.29) is 101 Å². The molecule has 9 atom stereocenters. The molecule has 0 spiro atoms. The second kappa shape index (κ2) is 41.9. The minimum Gasteiger partial charge on any atom is -0.481 e. The van der Waals surface area contributed by atoms with Gasteiger partial charge in [0.25, 0.3) is 0 Å². The third kappa shape index (κ3) is 29.7. The first-order valence-electron chi connectivity index (χ1n) is 32.7. The number of hydrogen-bond donors (Lipinski definition) is 14. The fourth-order valence-corrected chi connectivity index (χ4v) is 12.9. The SMILES string of the molecule is C=C1C[C@@H]2[C@@H](CS[C@@H]2CCCCC(=O)NCCCOCCOCCOCCCNC(=O)[C@@H]2CCCCn3cc(nn3)C[C@H](N)C(=O)C[C@@H](CC(C)C)C(=O)N[C@@H](CCCN=C(N)N)C(=O)NCC(=O)N[C@@H](CC(=O)O)C(=O)N[C@@H](Cc3ccc(CC(=N)N)cc3)C(=O)N2)N1. The number of benzene rings is 1. The van der Waals surface area contributed by atoms with Crippen molar-refractivity contribution in [2.45, 2.75) is 177 Å². The van der Waals surface area contributed by atoms with E-state index in [0.717, 1.165) is 37.1 Å². The maximum atomic E-state index is 14.5. The van der Waals surface area contributed by atoms with E-state index in [1.165, 1.54) is 0 Å². The van der Waals surface area contributed by atoms with Crippen molar-refractivity contribution in [1.29, 1.82) is 5.41 Å². The molecule has 0 unspecified atom stereocenters. The zero-order chi connectivity index (χ0) is 68.4. The van der Waals surface area contributed by atoms with E-state index in [2.05, 4.69) is 64.4 Å². The highest BCUT2D eigenvalue weighted by atomic mass is 32.2. The number of nitrogens with zero attached hydrogens (tertiary/aromatic N) is 4. The Morgan fingerprint density at radius 3 is 2.14 bits per heavy atom. The molecule has 31 heteroatoms. The fourth-order valence-electron chi connectivity index (χ4n) is 11.2. The molecule has 3 aliphatic heterocycles. The van der Waals surface area contributed by atoms with Crippen LogP contribution in [0.3, 0.4) is 0 Å². The molecular weight excluding hydrogens is 1230 g/mol. The predicted octanol–water partition coefficient (Wildman–Crippen LogP) is -0.512. The Kier molecular flexibility index (Phi) is 34.3. The molecule has 4 heterocycles. The molecule has 7 amide bonds. The first-order chi connectivity index (χ1) is 45.0. The molecule has 0 saturated carbocycles. The number of guanidine groups is 1. The van der Waals surface area contributed by atoms with Gasteiger partial charge in [-0.25, -0.2) is 0 Å². The van der Waals surface area contributed by atoms with Crippen molar-refractivity contribution < 1.29 is 62.5 Å². The number of amidine groups is 1. The maximum Gasteiger partial charge on any atom is 0.305 e. The van der Waals surface area contributed by atoms with Gasteiger partial charge in [-0.05, 0) is 93.6 Å². The molecule has 2 aromatic rings. The standard InChI is InChI=1S/C63H101N17O13S/c1-39(2)29-43-33-52(81)46(64)34-44-37-80(79-78-44)22-7-6-11-47(59(87)70-21-10-24-92-26-28-93-27-25-91-23-9-20-69-55(82)14-5-4-13-53-45-30-40(3)73-51(45)38-94-53)76-61(89)49(31-41-15-17-42(18-16-41)32-54(65)66)77-62(90)50(35-57(84)85)74-56(83)36-72-60(88)48(75-58(43)86)12-8-19-71-63(67)68/h15-18,37,39,43,45-51,53,73H,3-14,19-36,38,64H2,1-2H3,(H3,65,66)(H,69,82)(H,70,87)(H,72,88)(H,74,83)(H,75,86)(H,76,89)(H,77,90)(H,84,85)(H4,67,68,71)/t43-,45-,46+,47+,48+,49+,50+,51-,53-/m1/s1. The summed E-state index contributed by atoms with van der Waals surface area (Å²) in [6, 6.07) is 0.504. The number of carbonyl (C=O) groups is 9. The van der Waals surface area contributed by atoms with Crippen molar-refractivity contribution in [1.82, 2.24) is 57.5 Å². The molecule has 1 aromatic carbocycles. The number of thioether (sulfide) groups is 1. The van der Waals surface area contributed by atoms with Crippen LogP contribution in [0.15, 0.2) is 47.7 Å². The third-order valence-corrected chi connectivity index (χ3v) is 17.6. The van der Waals surface area contributed by atoms with Crippen LogP contribution in [0.25, 0.3) is 0 Å². The van der Waals surface area contributed by atoms with E-state index in [4.69, 9.17) is 42.6 Å². The number of hydrogen-bond acceptors (Lipinski definition) is 19. The first-order valence-corrected chi connectivity index (χ1v) is 33.7. The number of carboxylic acid groups (broad SMARTS) is 1. The second-order valence-corrected chi connectivity index (χ2v) is 25.9. The van der Waals surface area contributed by atoms with Crippen LogP contribution in [-0.4, -0.2) is 198 Å². The van der Waals surface area contributed by atoms with Gasteiger partial charge in [0.05, 0.1) is 57.0 Å². The molecule has 2 bridgehead atoms. The number of ketones is 1. The molecule has 522 valence electrons. The molecule has 0 aliphatic carbocycles. The Morgan fingerprint density at radius 2 is 1.46 bits per heavy atom. The van der Waals surface area contributed by atoms with E-state index in [1.54, 1.807) is 35.1 Å². The number of fused-ring (bicyclic) bond motifs is 3. The Balaban J connectivity index is 1.18. The molecular formula is C63H101N17O13S. The van der Waals surface area contributed by atoms with Gasteiger partial charge in [-0.3, -0.25) is 58.2 Å². The van der Waals surface area contributed by atoms with Gasteiger partial charge in [-0.2, -0.15) is 11.8 Å². The van der Waals surface area contributed by atoms with Gasteiger partial charge in [0.15, 0.2) is 11.7 Å². The lowest BCUT2D eigenvalue weighted by Gasteiger charge is -2.25. The van der Waals surface area contributed by atoms with Crippen LogP contribution in [0.2, 0.25) is 0 Å². The van der Waals surface area contributed by atoms with Gasteiger partial charge >= 0.3 is 5.97 Å². The number of Topliss-reactive ketones (excluding diaryl/α,β-unsaturated/α-hetero) is 1. The normalized spacial score (nSPS) is 22.9. The molecule has 5 rings (SSSR count). The lowest BCUT2D eigenvalue weighted by molar-refractivity contribution is -0.141. The number of aliphatic imine (C=N–C) groups is 1. The highest BCUT2D eigenvalue weighted by Gasteiger charge is 2.41. The average molecular weight is 1340 g/mol. The molecule has 3 aliphatic rings. The number of carboxylic acids is 1. The van der Waals surface area contributed by atoms with E-state index >= 15 is 0 Å². The van der Waals surface area contributed by atoms with Gasteiger partial charge in [0, 0.05) is 106 Å². The molecule has 2 saturated heterocycles. The fraction of sp³-hybridized carbons (Fsp3) is 0.667. The van der Waals surface area contributed by atoms with Crippen LogP contribution in [0.5, 0.6) is 0 Å². The summed E-state index contributed by atoms with van der Waals surface area (Å²) in [5.41, 5.74) is 25.8. The number of nitrogens with two attached hydrogens (primary N) is 4. The Bertz CT molecular complexity index is 2840. The molecule has 30 nitrogen and oxygen atoms in total. The van der Waals surface area contributed by atoms with Crippen LogP contribution >= 0.6 is 11.8 Å². The van der Waals surface area contributed by atoms with Gasteiger partial charge in [0.1, 0.15) is 24.2 Å². The van der Waals surface area contributed by atoms with Crippen molar-refractivity contribution in [2.24, 2.45) is 45.7 Å². The van der Waals surface area contributed by atoms with Crippen LogP contribution in [0.1, 0.15) is 127 Å². The third-order valence-electron chi connectivity index (χ3n) is 16.1. The Hall–Kier alpha value is -7.74. The van der Waals surface area contributed by atoms with Gasteiger partial charge in [0.2, 0.25) is 41.4 Å². The smallest absolute Gasteiger partial charge is 0.305 e. The summed E-state index contributed by atoms with van der Waals surface area (Å²) in [5.74, 6) is -6.20. The number of rotatable bonds is 32. The predicted molar refractivity (Wildman–Crippen MR) is 353 cm³/mol. The lowest BCUT2D eigenvalue weighted by atomic mass is 9.89. The zero-order valence-electron chi connectivity index (χ0n) is 54.4. The monoisotopic (exact) mass is 1340 g/mol. The van der Waals surface area contributed by atoms with Crippen molar-refractivity contribution in [3.8, 4) is 0 Å². The van der Waals surface area contributed by atoms with Crippen LogP contribution in [0, 0.1) is 23.2 Å². The quantitative estimate of drug-likeness (QED) is 0.0249. The largest absolute Gasteiger partial charge is 0.481 e. The number of aryl methyl sites for hydroxylation is 1. The van der Waals surface area contributed by atoms with Gasteiger partial charge in [-0.1, -0.05) is 56.3 Å². The summed E-state index contributed by atoms with van der Waals surface area (Å²) in [4.78, 5) is 126. The Labute approximate surface area is 554 Å². The number of allylic oxidation sites excluding steroid dienone is 1. The summed E-state index contributed by atoms with van der Waals surface area (Å²) in [6.45, 7) is 10.2. The molecule has 1 aromatic heterocycles. The summed E-state index contributed by atoms with van der Waals surface area (Å²) < 4.78 is 18.6. The van der Waals surface area contributed by atoms with Crippen LogP contribution in [-0.2, 0) is 83.2 Å². The topological polar surface area (TPSA) is 469 Å². The highest BCUT2D eigenvalue weighted by Crippen LogP contribution is 2.42. The first kappa shape index (κ1) is 77.0. The number of ether oxygens (including phenoxy) is 3. The van der Waals surface area contributed by atoms with Crippen LogP contribution in [0.4, 0.5) is 0 Å². The van der Waals surface area contributed by atoms with Crippen molar-refractivity contribution >= 4 is 76.7 Å². The highest BCUT2D eigenvalue weighted by molar-refractivity contribution is 8.00. The minimum absolute atomic E-state index is 0.00525. The molecule has 18 N–H and O–H groups in total. The maximum absolute atomic E-state index is 14.5. The number of nitrogens with one attached hydrogen (secondary N) is 9. The van der Waals surface area contributed by atoms with Crippen molar-refractivity contribution in [3.05, 3.63) is 59.6 Å². The zero-order valence-corrected chi connectivity index (χ0v) is 55.2. The number of aromatic nitrogens is 3. The summed E-state index contributed by atoms with van der Waals surface area (Å²) in [6.07, 6.45) is 7.46. The van der Waals surface area contributed by atoms with Gasteiger partial charge < -0.3 is 84.8 Å². The Morgan fingerprint density at radius 1 is 0.787 bits per heavy atom. The number of carbonyl (C=O) groups excluding carboxylic acids is 8. The van der Waals surface area contributed by atoms with Crippen molar-refractivity contribution in [2.75, 3.05) is 71.6 Å². The lowest BCUT2D eigenvalue weighted by Crippen LogP contribution is -2.58. The summed E-state index contributed by atoms with van der Waals surface area (Å²) >= 11 is 2.04. The summed E-state index contributed by atoms with van der Waals surface area (Å²) in [5, 5.41) is 48.9. The number of unbranched alkanes of at least 4 members (excludes halogenated alkanes) is 1. The molecule has 2 fully saturated rings. The number of amides is 7. The van der Waals surface area contributed by atoms with E-state index < -0.39 is 96.3 Å². The minimum atomic E-state index is -1.79. The summed E-state index contributed by atoms with van der Waals surface area (Å²) in [7, 11) is 0. The number of aliphatic carboxylic acids is 1.